The standard InChI is InChI=1S/C12H22O2/c1-4-5-12(10(13)14)8-6-11(2,3)7-9-12/h4-9H2,1-3H3,(H,13,14). The minimum atomic E-state index is -0.574. The van der Waals surface area contributed by atoms with Gasteiger partial charge in [0, 0.05) is 0 Å². The second-order valence-electron chi connectivity index (χ2n) is 5.50. The van der Waals surface area contributed by atoms with E-state index in [9.17, 15) is 9.90 Å². The predicted molar refractivity (Wildman–Crippen MR) is 57.2 cm³/mol. The zero-order chi connectivity index (χ0) is 10.8. The molecule has 1 aliphatic carbocycles. The highest BCUT2D eigenvalue weighted by Gasteiger charge is 2.43. The molecule has 0 aromatic heterocycles. The number of carboxylic acid groups (broad SMARTS) is 1. The van der Waals surface area contributed by atoms with Crippen molar-refractivity contribution in [1.82, 2.24) is 0 Å². The van der Waals surface area contributed by atoms with Gasteiger partial charge in [0.2, 0.25) is 0 Å². The summed E-state index contributed by atoms with van der Waals surface area (Å²) in [6.45, 7) is 6.56. The number of hydrogen-bond acceptors (Lipinski definition) is 1. The Morgan fingerprint density at radius 1 is 1.21 bits per heavy atom. The average molecular weight is 198 g/mol. The summed E-state index contributed by atoms with van der Waals surface area (Å²) in [4.78, 5) is 11.3. The van der Waals surface area contributed by atoms with E-state index in [4.69, 9.17) is 0 Å². The SMILES string of the molecule is CCCC1(C(=O)O)CCC(C)(C)CC1. The molecule has 0 spiro atoms. The Morgan fingerprint density at radius 2 is 1.71 bits per heavy atom. The number of carbonyl (C=O) groups is 1. The molecule has 0 radical (unpaired) electrons. The van der Waals surface area contributed by atoms with Crippen molar-refractivity contribution in [3.8, 4) is 0 Å². The van der Waals surface area contributed by atoms with Crippen LogP contribution in [0.25, 0.3) is 0 Å². The van der Waals surface area contributed by atoms with E-state index in [0.717, 1.165) is 38.5 Å². The second kappa shape index (κ2) is 3.92. The Labute approximate surface area is 86.7 Å². The van der Waals surface area contributed by atoms with Crippen molar-refractivity contribution in [2.24, 2.45) is 10.8 Å². The van der Waals surface area contributed by atoms with Crippen LogP contribution in [0, 0.1) is 10.8 Å². The zero-order valence-electron chi connectivity index (χ0n) is 9.60. The van der Waals surface area contributed by atoms with E-state index in [-0.39, 0.29) is 0 Å². The molecular formula is C12H22O2. The number of carboxylic acids is 1. The lowest BCUT2D eigenvalue weighted by Gasteiger charge is -2.40. The van der Waals surface area contributed by atoms with Crippen molar-refractivity contribution in [3.05, 3.63) is 0 Å². The highest BCUT2D eigenvalue weighted by molar-refractivity contribution is 5.74. The molecule has 1 N–H and O–H groups in total. The minimum absolute atomic E-state index is 0.354. The summed E-state index contributed by atoms with van der Waals surface area (Å²) in [5, 5.41) is 9.29. The molecule has 0 amide bonds. The normalized spacial score (nSPS) is 24.5. The third kappa shape index (κ3) is 2.28. The zero-order valence-corrected chi connectivity index (χ0v) is 9.60. The molecule has 2 nitrogen and oxygen atoms in total. The fourth-order valence-electron chi connectivity index (χ4n) is 2.45. The minimum Gasteiger partial charge on any atom is -0.481 e. The van der Waals surface area contributed by atoms with Crippen LogP contribution in [0.1, 0.15) is 59.3 Å². The number of aliphatic carboxylic acids is 1. The van der Waals surface area contributed by atoms with Crippen LogP contribution < -0.4 is 0 Å². The van der Waals surface area contributed by atoms with Crippen molar-refractivity contribution >= 4 is 5.97 Å². The summed E-state index contributed by atoms with van der Waals surface area (Å²) in [5.74, 6) is -0.574. The summed E-state index contributed by atoms with van der Waals surface area (Å²) < 4.78 is 0. The lowest BCUT2D eigenvalue weighted by molar-refractivity contribution is -0.153. The molecular weight excluding hydrogens is 176 g/mol. The first-order chi connectivity index (χ1) is 6.42. The molecule has 1 rings (SSSR count). The van der Waals surface area contributed by atoms with Gasteiger partial charge < -0.3 is 5.11 Å². The predicted octanol–water partition coefficient (Wildman–Crippen LogP) is 3.46. The van der Waals surface area contributed by atoms with Crippen LogP contribution in [0.2, 0.25) is 0 Å². The van der Waals surface area contributed by atoms with Gasteiger partial charge in [0.05, 0.1) is 5.41 Å². The van der Waals surface area contributed by atoms with E-state index in [1.54, 1.807) is 0 Å². The van der Waals surface area contributed by atoms with Gasteiger partial charge in [-0.25, -0.2) is 0 Å². The maximum atomic E-state index is 11.3. The molecule has 0 bridgehead atoms. The molecule has 14 heavy (non-hydrogen) atoms. The van der Waals surface area contributed by atoms with Crippen molar-refractivity contribution in [2.75, 3.05) is 0 Å². The van der Waals surface area contributed by atoms with Crippen LogP contribution in [0.5, 0.6) is 0 Å². The fraction of sp³-hybridized carbons (Fsp3) is 0.917. The quantitative estimate of drug-likeness (QED) is 0.754. The Bertz CT molecular complexity index is 208. The van der Waals surface area contributed by atoms with Gasteiger partial charge in [-0.3, -0.25) is 4.79 Å². The summed E-state index contributed by atoms with van der Waals surface area (Å²) in [7, 11) is 0. The van der Waals surface area contributed by atoms with E-state index < -0.39 is 11.4 Å². The maximum Gasteiger partial charge on any atom is 0.309 e. The highest BCUT2D eigenvalue weighted by atomic mass is 16.4. The van der Waals surface area contributed by atoms with E-state index >= 15 is 0 Å². The first-order valence-electron chi connectivity index (χ1n) is 5.65. The van der Waals surface area contributed by atoms with Crippen LogP contribution in [-0.2, 0) is 4.79 Å². The Balaban J connectivity index is 2.69. The van der Waals surface area contributed by atoms with Gasteiger partial charge >= 0.3 is 5.97 Å². The van der Waals surface area contributed by atoms with Gasteiger partial charge in [0.15, 0.2) is 0 Å². The molecule has 2 heteroatoms. The molecule has 0 heterocycles. The monoisotopic (exact) mass is 198 g/mol. The first-order valence-corrected chi connectivity index (χ1v) is 5.65. The van der Waals surface area contributed by atoms with Crippen molar-refractivity contribution in [2.45, 2.75) is 59.3 Å². The Kier molecular flexibility index (Phi) is 3.23. The van der Waals surface area contributed by atoms with E-state index in [1.165, 1.54) is 0 Å². The molecule has 1 aliphatic rings. The molecule has 0 aliphatic heterocycles. The highest BCUT2D eigenvalue weighted by Crippen LogP contribution is 2.47. The molecule has 1 saturated carbocycles. The van der Waals surface area contributed by atoms with Gasteiger partial charge in [-0.1, -0.05) is 27.2 Å². The van der Waals surface area contributed by atoms with Crippen molar-refractivity contribution in [1.29, 1.82) is 0 Å². The van der Waals surface area contributed by atoms with E-state index in [0.29, 0.717) is 5.41 Å². The molecule has 1 fully saturated rings. The van der Waals surface area contributed by atoms with Crippen LogP contribution in [-0.4, -0.2) is 11.1 Å². The molecule has 82 valence electrons. The fourth-order valence-corrected chi connectivity index (χ4v) is 2.45. The molecule has 0 unspecified atom stereocenters. The van der Waals surface area contributed by atoms with Crippen molar-refractivity contribution < 1.29 is 9.90 Å². The smallest absolute Gasteiger partial charge is 0.309 e. The van der Waals surface area contributed by atoms with E-state index in [2.05, 4.69) is 20.8 Å². The lowest BCUT2D eigenvalue weighted by Crippen LogP contribution is -2.37. The summed E-state index contributed by atoms with van der Waals surface area (Å²) in [5.41, 5.74) is -0.0447. The van der Waals surface area contributed by atoms with Crippen LogP contribution in [0.15, 0.2) is 0 Å². The Hall–Kier alpha value is -0.530. The average Bonchev–Trinajstić information content (AvgIpc) is 2.09. The number of hydrogen-bond donors (Lipinski definition) is 1. The van der Waals surface area contributed by atoms with Gasteiger partial charge in [0.25, 0.3) is 0 Å². The first kappa shape index (κ1) is 11.5. The third-order valence-electron chi connectivity index (χ3n) is 3.74. The van der Waals surface area contributed by atoms with Crippen LogP contribution in [0.4, 0.5) is 0 Å². The van der Waals surface area contributed by atoms with Gasteiger partial charge in [-0.05, 0) is 37.5 Å². The lowest BCUT2D eigenvalue weighted by atomic mass is 9.63. The molecule has 0 atom stereocenters. The second-order valence-corrected chi connectivity index (χ2v) is 5.50. The number of rotatable bonds is 3. The van der Waals surface area contributed by atoms with E-state index in [1.807, 2.05) is 0 Å². The topological polar surface area (TPSA) is 37.3 Å². The molecule has 0 aromatic carbocycles. The van der Waals surface area contributed by atoms with Crippen LogP contribution in [0.3, 0.4) is 0 Å². The summed E-state index contributed by atoms with van der Waals surface area (Å²) in [6, 6.07) is 0. The Morgan fingerprint density at radius 3 is 2.07 bits per heavy atom. The van der Waals surface area contributed by atoms with Gasteiger partial charge in [0.1, 0.15) is 0 Å². The largest absolute Gasteiger partial charge is 0.481 e. The van der Waals surface area contributed by atoms with Gasteiger partial charge in [-0.15, -0.1) is 0 Å². The maximum absolute atomic E-state index is 11.3. The summed E-state index contributed by atoms with van der Waals surface area (Å²) >= 11 is 0. The molecule has 0 aromatic rings. The van der Waals surface area contributed by atoms with Crippen molar-refractivity contribution in [3.63, 3.8) is 0 Å². The molecule has 0 saturated heterocycles. The van der Waals surface area contributed by atoms with Gasteiger partial charge in [-0.2, -0.15) is 0 Å². The van der Waals surface area contributed by atoms with Crippen LogP contribution >= 0.6 is 0 Å². The third-order valence-corrected chi connectivity index (χ3v) is 3.74. The summed E-state index contributed by atoms with van der Waals surface area (Å²) in [6.07, 6.45) is 5.66.